The quantitative estimate of drug-likeness (QED) is 0.749. The van der Waals surface area contributed by atoms with E-state index < -0.39 is 5.97 Å². The molecule has 1 heterocycles. The molecule has 0 fully saturated rings. The lowest BCUT2D eigenvalue weighted by molar-refractivity contribution is 0.0697. The number of carbonyl (C=O) groups is 1. The normalized spacial score (nSPS) is 10.7. The van der Waals surface area contributed by atoms with Crippen molar-refractivity contribution in [2.45, 2.75) is 6.42 Å². The number of aromatic amines is 1. The molecule has 0 aliphatic carbocycles. The molecule has 0 atom stereocenters. The van der Waals surface area contributed by atoms with Crippen molar-refractivity contribution in [3.8, 4) is 0 Å². The smallest absolute Gasteiger partial charge is 0.335 e. The second-order valence-electron chi connectivity index (χ2n) is 4.56. The van der Waals surface area contributed by atoms with Gasteiger partial charge in [-0.3, -0.25) is 0 Å². The predicted octanol–water partition coefficient (Wildman–Crippen LogP) is 3.46. The Labute approximate surface area is 110 Å². The number of benzene rings is 2. The lowest BCUT2D eigenvalue weighted by Crippen LogP contribution is -1.94. The summed E-state index contributed by atoms with van der Waals surface area (Å²) >= 11 is 0. The van der Waals surface area contributed by atoms with E-state index in [1.165, 1.54) is 5.56 Å². The fourth-order valence-corrected chi connectivity index (χ4v) is 2.24. The third kappa shape index (κ3) is 2.36. The van der Waals surface area contributed by atoms with Gasteiger partial charge in [0, 0.05) is 23.0 Å². The molecule has 2 N–H and O–H groups in total. The summed E-state index contributed by atoms with van der Waals surface area (Å²) < 4.78 is 0. The van der Waals surface area contributed by atoms with Gasteiger partial charge in [0.25, 0.3) is 0 Å². The number of hydrogen-bond acceptors (Lipinski definition) is 1. The Morgan fingerprint density at radius 3 is 2.58 bits per heavy atom. The SMILES string of the molecule is O=C(O)c1ccc2[nH]c(Cc3ccccc3)cc2c1. The summed E-state index contributed by atoms with van der Waals surface area (Å²) in [5.41, 5.74) is 3.60. The first-order valence-corrected chi connectivity index (χ1v) is 6.11. The molecule has 0 bridgehead atoms. The van der Waals surface area contributed by atoms with Crippen LogP contribution in [-0.4, -0.2) is 16.1 Å². The van der Waals surface area contributed by atoms with E-state index in [2.05, 4.69) is 17.1 Å². The van der Waals surface area contributed by atoms with Crippen LogP contribution in [0.15, 0.2) is 54.6 Å². The maximum atomic E-state index is 10.9. The van der Waals surface area contributed by atoms with E-state index in [1.54, 1.807) is 12.1 Å². The first kappa shape index (κ1) is 11.5. The number of fused-ring (bicyclic) bond motifs is 1. The first-order valence-electron chi connectivity index (χ1n) is 6.11. The molecular formula is C16H13NO2. The molecule has 3 nitrogen and oxygen atoms in total. The van der Waals surface area contributed by atoms with Gasteiger partial charge in [-0.2, -0.15) is 0 Å². The lowest BCUT2D eigenvalue weighted by atomic mass is 10.1. The van der Waals surface area contributed by atoms with E-state index in [1.807, 2.05) is 30.3 Å². The van der Waals surface area contributed by atoms with Crippen molar-refractivity contribution >= 4 is 16.9 Å². The lowest BCUT2D eigenvalue weighted by Gasteiger charge is -1.97. The standard InChI is InChI=1S/C16H13NO2/c18-16(19)12-6-7-15-13(9-12)10-14(17-15)8-11-4-2-1-3-5-11/h1-7,9-10,17H,8H2,(H,18,19). The van der Waals surface area contributed by atoms with Gasteiger partial charge in [0.1, 0.15) is 0 Å². The summed E-state index contributed by atoms with van der Waals surface area (Å²) in [5, 5.41) is 9.91. The van der Waals surface area contributed by atoms with Gasteiger partial charge in [-0.1, -0.05) is 30.3 Å². The number of carboxylic acid groups (broad SMARTS) is 1. The van der Waals surface area contributed by atoms with Crippen LogP contribution in [0.3, 0.4) is 0 Å². The molecule has 0 aliphatic heterocycles. The minimum Gasteiger partial charge on any atom is -0.478 e. The van der Waals surface area contributed by atoms with Crippen LogP contribution in [0.1, 0.15) is 21.6 Å². The van der Waals surface area contributed by atoms with Crippen LogP contribution in [0, 0.1) is 0 Å². The number of rotatable bonds is 3. The fraction of sp³-hybridized carbons (Fsp3) is 0.0625. The van der Waals surface area contributed by atoms with Gasteiger partial charge in [-0.15, -0.1) is 0 Å². The average molecular weight is 251 g/mol. The van der Waals surface area contributed by atoms with Crippen LogP contribution >= 0.6 is 0 Å². The van der Waals surface area contributed by atoms with E-state index in [9.17, 15) is 4.79 Å². The summed E-state index contributed by atoms with van der Waals surface area (Å²) in [6.07, 6.45) is 0.817. The van der Waals surface area contributed by atoms with E-state index in [-0.39, 0.29) is 0 Å². The molecule has 1 aromatic heterocycles. The number of aromatic carboxylic acids is 1. The number of aromatic nitrogens is 1. The van der Waals surface area contributed by atoms with Crippen LogP contribution in [0.5, 0.6) is 0 Å². The molecular weight excluding hydrogens is 238 g/mol. The van der Waals surface area contributed by atoms with Gasteiger partial charge in [0.05, 0.1) is 5.56 Å². The van der Waals surface area contributed by atoms with Gasteiger partial charge in [-0.05, 0) is 29.8 Å². The van der Waals surface area contributed by atoms with Crippen LogP contribution in [-0.2, 0) is 6.42 Å². The molecule has 19 heavy (non-hydrogen) atoms. The summed E-state index contributed by atoms with van der Waals surface area (Å²) in [6, 6.07) is 17.3. The molecule has 0 unspecified atom stereocenters. The van der Waals surface area contributed by atoms with E-state index in [0.29, 0.717) is 5.56 Å². The zero-order valence-corrected chi connectivity index (χ0v) is 10.3. The third-order valence-corrected chi connectivity index (χ3v) is 3.16. The summed E-state index contributed by atoms with van der Waals surface area (Å²) in [4.78, 5) is 14.2. The van der Waals surface area contributed by atoms with Crippen molar-refractivity contribution in [3.05, 3.63) is 71.4 Å². The van der Waals surface area contributed by atoms with E-state index in [0.717, 1.165) is 23.0 Å². The highest BCUT2D eigenvalue weighted by Gasteiger charge is 2.06. The molecule has 94 valence electrons. The van der Waals surface area contributed by atoms with Crippen molar-refractivity contribution in [1.82, 2.24) is 4.98 Å². The molecule has 3 aromatic rings. The highest BCUT2D eigenvalue weighted by atomic mass is 16.4. The van der Waals surface area contributed by atoms with Crippen LogP contribution in [0.2, 0.25) is 0 Å². The minimum atomic E-state index is -0.896. The highest BCUT2D eigenvalue weighted by Crippen LogP contribution is 2.19. The summed E-state index contributed by atoms with van der Waals surface area (Å²) in [5.74, 6) is -0.896. The first-order chi connectivity index (χ1) is 9.22. The Bertz CT molecular complexity index is 729. The predicted molar refractivity (Wildman–Crippen MR) is 74.5 cm³/mol. The maximum absolute atomic E-state index is 10.9. The molecule has 0 saturated heterocycles. The number of hydrogen-bond donors (Lipinski definition) is 2. The number of nitrogens with one attached hydrogen (secondary N) is 1. The third-order valence-electron chi connectivity index (χ3n) is 3.16. The Balaban J connectivity index is 1.95. The molecule has 0 amide bonds. The summed E-state index contributed by atoms with van der Waals surface area (Å²) in [7, 11) is 0. The van der Waals surface area contributed by atoms with Crippen LogP contribution < -0.4 is 0 Å². The Kier molecular flexibility index (Phi) is 2.80. The van der Waals surface area contributed by atoms with Gasteiger partial charge in [0.2, 0.25) is 0 Å². The average Bonchev–Trinajstić information content (AvgIpc) is 2.80. The van der Waals surface area contributed by atoms with Gasteiger partial charge >= 0.3 is 5.97 Å². The fourth-order valence-electron chi connectivity index (χ4n) is 2.24. The molecule has 2 aromatic carbocycles. The minimum absolute atomic E-state index is 0.317. The van der Waals surface area contributed by atoms with Crippen molar-refractivity contribution < 1.29 is 9.90 Å². The molecule has 0 radical (unpaired) electrons. The summed E-state index contributed by atoms with van der Waals surface area (Å²) in [6.45, 7) is 0. The Morgan fingerprint density at radius 2 is 1.84 bits per heavy atom. The molecule has 0 aliphatic rings. The monoisotopic (exact) mass is 251 g/mol. The number of carboxylic acids is 1. The second kappa shape index (κ2) is 4.61. The van der Waals surface area contributed by atoms with Gasteiger partial charge in [-0.25, -0.2) is 4.79 Å². The highest BCUT2D eigenvalue weighted by molar-refractivity contribution is 5.93. The van der Waals surface area contributed by atoms with Crippen LogP contribution in [0.4, 0.5) is 0 Å². The van der Waals surface area contributed by atoms with Gasteiger partial charge in [0.15, 0.2) is 0 Å². The zero-order valence-electron chi connectivity index (χ0n) is 10.3. The Morgan fingerprint density at radius 1 is 1.05 bits per heavy atom. The molecule has 0 spiro atoms. The number of H-pyrrole nitrogens is 1. The second-order valence-corrected chi connectivity index (χ2v) is 4.56. The zero-order chi connectivity index (χ0) is 13.2. The maximum Gasteiger partial charge on any atom is 0.335 e. The van der Waals surface area contributed by atoms with Crippen molar-refractivity contribution in [3.63, 3.8) is 0 Å². The molecule has 0 saturated carbocycles. The topological polar surface area (TPSA) is 53.1 Å². The van der Waals surface area contributed by atoms with Crippen molar-refractivity contribution in [2.24, 2.45) is 0 Å². The molecule has 3 rings (SSSR count). The van der Waals surface area contributed by atoms with Gasteiger partial charge < -0.3 is 10.1 Å². The van der Waals surface area contributed by atoms with E-state index >= 15 is 0 Å². The Hall–Kier alpha value is -2.55. The van der Waals surface area contributed by atoms with Crippen LogP contribution in [0.25, 0.3) is 10.9 Å². The van der Waals surface area contributed by atoms with Crippen molar-refractivity contribution in [2.75, 3.05) is 0 Å². The molecule has 3 heteroatoms. The van der Waals surface area contributed by atoms with Crippen molar-refractivity contribution in [1.29, 1.82) is 0 Å². The largest absolute Gasteiger partial charge is 0.478 e. The van der Waals surface area contributed by atoms with E-state index in [4.69, 9.17) is 5.11 Å².